The maximum atomic E-state index is 11.9. The second-order valence-electron chi connectivity index (χ2n) is 5.50. The summed E-state index contributed by atoms with van der Waals surface area (Å²) in [5, 5.41) is 4.03. The molecule has 0 aromatic heterocycles. The van der Waals surface area contributed by atoms with Gasteiger partial charge in [0.1, 0.15) is 13.2 Å². The zero-order chi connectivity index (χ0) is 15.2. The molecule has 1 saturated heterocycles. The molecule has 6 nitrogen and oxygen atoms in total. The number of piperidine rings is 1. The average molecular weight is 303 g/mol. The van der Waals surface area contributed by atoms with Gasteiger partial charge in [0.05, 0.1) is 12.8 Å². The van der Waals surface area contributed by atoms with Crippen molar-refractivity contribution in [1.82, 2.24) is 10.3 Å². The second-order valence-corrected chi connectivity index (χ2v) is 5.50. The van der Waals surface area contributed by atoms with Gasteiger partial charge in [-0.2, -0.15) is 5.10 Å². The number of fused-ring (bicyclic) bond motifs is 1. The lowest BCUT2D eigenvalue weighted by molar-refractivity contribution is -0.122. The Labute approximate surface area is 130 Å². The fourth-order valence-corrected chi connectivity index (χ4v) is 2.73. The van der Waals surface area contributed by atoms with Crippen molar-refractivity contribution in [2.75, 3.05) is 32.8 Å². The van der Waals surface area contributed by atoms with E-state index in [2.05, 4.69) is 15.4 Å². The minimum Gasteiger partial charge on any atom is -0.486 e. The minimum atomic E-state index is -0.0832. The molecule has 2 heterocycles. The molecule has 0 radical (unpaired) electrons. The van der Waals surface area contributed by atoms with Crippen LogP contribution in [0.3, 0.4) is 0 Å². The van der Waals surface area contributed by atoms with Crippen molar-refractivity contribution in [3.63, 3.8) is 0 Å². The Morgan fingerprint density at radius 1 is 1.23 bits per heavy atom. The Kier molecular flexibility index (Phi) is 4.90. The van der Waals surface area contributed by atoms with E-state index in [1.165, 1.54) is 19.3 Å². The molecule has 0 unspecified atom stereocenters. The number of nitrogens with zero attached hydrogens (tertiary/aromatic N) is 2. The number of rotatable bonds is 4. The zero-order valence-corrected chi connectivity index (χ0v) is 12.6. The molecule has 22 heavy (non-hydrogen) atoms. The van der Waals surface area contributed by atoms with Crippen LogP contribution in [0.25, 0.3) is 0 Å². The van der Waals surface area contributed by atoms with E-state index >= 15 is 0 Å². The van der Waals surface area contributed by atoms with Crippen molar-refractivity contribution in [2.45, 2.75) is 19.3 Å². The summed E-state index contributed by atoms with van der Waals surface area (Å²) in [6.07, 6.45) is 5.20. The van der Waals surface area contributed by atoms with Gasteiger partial charge in [0.15, 0.2) is 11.5 Å². The lowest BCUT2D eigenvalue weighted by Gasteiger charge is -2.25. The molecule has 1 fully saturated rings. The molecule has 0 spiro atoms. The van der Waals surface area contributed by atoms with Gasteiger partial charge in [-0.25, -0.2) is 5.43 Å². The smallest absolute Gasteiger partial charge is 0.254 e. The minimum absolute atomic E-state index is 0.0832. The summed E-state index contributed by atoms with van der Waals surface area (Å²) in [6.45, 7) is 3.48. The number of nitrogens with one attached hydrogen (secondary N) is 1. The number of hydrogen-bond donors (Lipinski definition) is 1. The van der Waals surface area contributed by atoms with E-state index in [0.29, 0.717) is 25.5 Å². The fraction of sp³-hybridized carbons (Fsp3) is 0.500. The van der Waals surface area contributed by atoms with Crippen LogP contribution < -0.4 is 14.9 Å². The quantitative estimate of drug-likeness (QED) is 0.674. The van der Waals surface area contributed by atoms with Gasteiger partial charge in [-0.15, -0.1) is 0 Å². The van der Waals surface area contributed by atoms with Gasteiger partial charge in [-0.1, -0.05) is 12.5 Å². The Bertz CT molecular complexity index is 554. The highest BCUT2D eigenvalue weighted by molar-refractivity contribution is 5.86. The van der Waals surface area contributed by atoms with Gasteiger partial charge < -0.3 is 9.47 Å². The molecule has 118 valence electrons. The summed E-state index contributed by atoms with van der Waals surface area (Å²) in [7, 11) is 0. The highest BCUT2D eigenvalue weighted by atomic mass is 16.6. The van der Waals surface area contributed by atoms with E-state index in [0.717, 1.165) is 24.4 Å². The number of hydrazone groups is 1. The molecule has 1 aromatic rings. The Balaban J connectivity index is 1.54. The van der Waals surface area contributed by atoms with Crippen LogP contribution in [-0.2, 0) is 4.79 Å². The van der Waals surface area contributed by atoms with Gasteiger partial charge in [0, 0.05) is 5.56 Å². The molecule has 0 aliphatic carbocycles. The number of likely N-dealkylation sites (tertiary alicyclic amines) is 1. The maximum Gasteiger partial charge on any atom is 0.254 e. The topological polar surface area (TPSA) is 63.2 Å². The van der Waals surface area contributed by atoms with Crippen LogP contribution >= 0.6 is 0 Å². The summed E-state index contributed by atoms with van der Waals surface area (Å²) < 4.78 is 11.1. The number of amides is 1. The third kappa shape index (κ3) is 3.76. The predicted octanol–water partition coefficient (Wildman–Crippen LogP) is 1.39. The molecular formula is C16H21N3O3. The maximum absolute atomic E-state index is 11.9. The van der Waals surface area contributed by atoms with Gasteiger partial charge >= 0.3 is 0 Å². The third-order valence-electron chi connectivity index (χ3n) is 3.81. The largest absolute Gasteiger partial charge is 0.486 e. The first-order chi connectivity index (χ1) is 10.8. The molecule has 2 aliphatic heterocycles. The van der Waals surface area contributed by atoms with Crippen molar-refractivity contribution in [1.29, 1.82) is 0 Å². The fourth-order valence-electron chi connectivity index (χ4n) is 2.73. The first-order valence-corrected chi connectivity index (χ1v) is 7.76. The van der Waals surface area contributed by atoms with Crippen LogP contribution in [0.5, 0.6) is 11.5 Å². The summed E-state index contributed by atoms with van der Waals surface area (Å²) in [5.41, 5.74) is 3.38. The van der Waals surface area contributed by atoms with E-state index in [1.807, 2.05) is 18.2 Å². The summed E-state index contributed by atoms with van der Waals surface area (Å²) in [5.74, 6) is 1.32. The highest BCUT2D eigenvalue weighted by Crippen LogP contribution is 2.32. The van der Waals surface area contributed by atoms with Crippen molar-refractivity contribution in [3.05, 3.63) is 23.8 Å². The SMILES string of the molecule is O=C(CN1CCCCC1)N/N=C/c1cccc2c1OCCO2. The Morgan fingerprint density at radius 2 is 2.05 bits per heavy atom. The molecule has 0 saturated carbocycles. The number of para-hydroxylation sites is 1. The highest BCUT2D eigenvalue weighted by Gasteiger charge is 2.15. The molecule has 1 aromatic carbocycles. The van der Waals surface area contributed by atoms with Crippen LogP contribution in [-0.4, -0.2) is 49.9 Å². The van der Waals surface area contributed by atoms with Crippen molar-refractivity contribution in [2.24, 2.45) is 5.10 Å². The van der Waals surface area contributed by atoms with Crippen LogP contribution in [0, 0.1) is 0 Å². The second kappa shape index (κ2) is 7.26. The predicted molar refractivity (Wildman–Crippen MR) is 83.5 cm³/mol. The number of ether oxygens (including phenoxy) is 2. The first kappa shape index (κ1) is 14.8. The molecule has 0 atom stereocenters. The zero-order valence-electron chi connectivity index (χ0n) is 12.6. The Morgan fingerprint density at radius 3 is 2.91 bits per heavy atom. The van der Waals surface area contributed by atoms with Gasteiger partial charge in [0.25, 0.3) is 5.91 Å². The molecular weight excluding hydrogens is 282 g/mol. The van der Waals surface area contributed by atoms with Gasteiger partial charge in [0.2, 0.25) is 0 Å². The van der Waals surface area contributed by atoms with Crippen LogP contribution in [0.2, 0.25) is 0 Å². The first-order valence-electron chi connectivity index (χ1n) is 7.76. The number of carbonyl (C=O) groups is 1. The average Bonchev–Trinajstić information content (AvgIpc) is 2.56. The number of benzene rings is 1. The molecule has 1 N–H and O–H groups in total. The monoisotopic (exact) mass is 303 g/mol. The summed E-state index contributed by atoms with van der Waals surface area (Å²) in [6, 6.07) is 5.62. The molecule has 3 rings (SSSR count). The normalized spacial score (nSPS) is 18.4. The molecule has 0 bridgehead atoms. The van der Waals surface area contributed by atoms with Crippen molar-refractivity contribution < 1.29 is 14.3 Å². The van der Waals surface area contributed by atoms with Crippen LogP contribution in [0.15, 0.2) is 23.3 Å². The van der Waals surface area contributed by atoms with Crippen molar-refractivity contribution in [3.8, 4) is 11.5 Å². The van der Waals surface area contributed by atoms with E-state index in [1.54, 1.807) is 6.21 Å². The van der Waals surface area contributed by atoms with E-state index in [9.17, 15) is 4.79 Å². The van der Waals surface area contributed by atoms with E-state index in [4.69, 9.17) is 9.47 Å². The van der Waals surface area contributed by atoms with Crippen LogP contribution in [0.1, 0.15) is 24.8 Å². The lowest BCUT2D eigenvalue weighted by Crippen LogP contribution is -2.38. The summed E-state index contributed by atoms with van der Waals surface area (Å²) in [4.78, 5) is 14.0. The van der Waals surface area contributed by atoms with Crippen LogP contribution in [0.4, 0.5) is 0 Å². The standard InChI is InChI=1S/C16H21N3O3/c20-15(12-19-7-2-1-3-8-19)18-17-11-13-5-4-6-14-16(13)22-10-9-21-14/h4-6,11H,1-3,7-10,12H2,(H,18,20)/b17-11+. The van der Waals surface area contributed by atoms with Gasteiger partial charge in [-0.05, 0) is 38.1 Å². The third-order valence-corrected chi connectivity index (χ3v) is 3.81. The molecule has 2 aliphatic rings. The molecule has 6 heteroatoms. The van der Waals surface area contributed by atoms with Gasteiger partial charge in [-0.3, -0.25) is 9.69 Å². The number of hydrogen-bond acceptors (Lipinski definition) is 5. The van der Waals surface area contributed by atoms with Crippen molar-refractivity contribution >= 4 is 12.1 Å². The summed E-state index contributed by atoms with van der Waals surface area (Å²) >= 11 is 0. The Hall–Kier alpha value is -2.08. The molecule has 1 amide bonds. The van der Waals surface area contributed by atoms with E-state index in [-0.39, 0.29) is 5.91 Å². The van der Waals surface area contributed by atoms with E-state index < -0.39 is 0 Å². The lowest BCUT2D eigenvalue weighted by atomic mass is 10.1. The number of carbonyl (C=O) groups excluding carboxylic acids is 1.